The van der Waals surface area contributed by atoms with Crippen LogP contribution in [0.5, 0.6) is 0 Å². The van der Waals surface area contributed by atoms with Crippen LogP contribution in [0.2, 0.25) is 0 Å². The van der Waals surface area contributed by atoms with Gasteiger partial charge in [0, 0.05) is 76.8 Å². The predicted octanol–water partition coefficient (Wildman–Crippen LogP) is 10.8. The highest BCUT2D eigenvalue weighted by Gasteiger charge is 2.45. The van der Waals surface area contributed by atoms with Gasteiger partial charge in [0.15, 0.2) is 5.71 Å². The lowest BCUT2D eigenvalue weighted by molar-refractivity contribution is -0.439. The highest BCUT2D eigenvalue weighted by Crippen LogP contribution is 2.49. The zero-order valence-electron chi connectivity index (χ0n) is 30.2. The van der Waals surface area contributed by atoms with Gasteiger partial charge in [0.25, 0.3) is 11.4 Å². The van der Waals surface area contributed by atoms with Gasteiger partial charge in [-0.3, -0.25) is 20.2 Å². The molecule has 49 heavy (non-hydrogen) atoms. The fraction of sp³-hybridized carbons (Fsp3) is 0.475. The quantitative estimate of drug-likeness (QED) is 0.133. The third-order valence-corrected chi connectivity index (χ3v) is 10.9. The van der Waals surface area contributed by atoms with Crippen molar-refractivity contribution in [2.24, 2.45) is 11.8 Å². The number of nitro benzene ring substituents is 2. The van der Waals surface area contributed by atoms with Crippen LogP contribution in [-0.2, 0) is 10.8 Å². The lowest BCUT2D eigenvalue weighted by atomic mass is 9.81. The Morgan fingerprint density at radius 3 is 2.12 bits per heavy atom. The van der Waals surface area contributed by atoms with Gasteiger partial charge in [-0.05, 0) is 80.2 Å². The molecule has 0 saturated heterocycles. The number of nitrogens with zero attached hydrogens (tertiary/aromatic N) is 4. The van der Waals surface area contributed by atoms with Crippen molar-refractivity contribution in [2.45, 2.75) is 98.3 Å². The highest BCUT2D eigenvalue weighted by molar-refractivity contribution is 6.32. The molecule has 0 radical (unpaired) electrons. The first-order chi connectivity index (χ1) is 23.0. The summed E-state index contributed by atoms with van der Waals surface area (Å²) in [6, 6.07) is 10.4. The van der Waals surface area contributed by atoms with Gasteiger partial charge in [0.2, 0.25) is 5.69 Å². The molecule has 9 heteroatoms. The smallest absolute Gasteiger partial charge is 0.270 e. The van der Waals surface area contributed by atoms with Crippen molar-refractivity contribution < 1.29 is 14.4 Å². The van der Waals surface area contributed by atoms with Gasteiger partial charge in [-0.1, -0.05) is 65.3 Å². The second kappa shape index (κ2) is 14.1. The van der Waals surface area contributed by atoms with Crippen LogP contribution in [0, 0.1) is 32.1 Å². The summed E-state index contributed by atoms with van der Waals surface area (Å²) in [7, 11) is 0. The van der Waals surface area contributed by atoms with Crippen LogP contribution in [0.25, 0.3) is 0 Å². The summed E-state index contributed by atoms with van der Waals surface area (Å²) in [5.74, 6) is 1.03. The van der Waals surface area contributed by atoms with E-state index in [9.17, 15) is 20.2 Å². The van der Waals surface area contributed by atoms with Crippen LogP contribution < -0.4 is 4.90 Å². The predicted molar refractivity (Wildman–Crippen MR) is 200 cm³/mol. The number of nitro groups is 2. The summed E-state index contributed by atoms with van der Waals surface area (Å²) >= 11 is 7.17. The molecular weight excluding hydrogens is 636 g/mol. The number of anilines is 1. The van der Waals surface area contributed by atoms with Crippen LogP contribution in [0.3, 0.4) is 0 Å². The van der Waals surface area contributed by atoms with Crippen molar-refractivity contribution in [3.63, 3.8) is 0 Å². The van der Waals surface area contributed by atoms with Crippen molar-refractivity contribution in [1.82, 2.24) is 0 Å². The summed E-state index contributed by atoms with van der Waals surface area (Å²) in [6.45, 7) is 19.0. The number of halogens is 1. The largest absolute Gasteiger partial charge is 0.344 e. The monoisotopic (exact) mass is 685 g/mol. The van der Waals surface area contributed by atoms with E-state index in [1.807, 2.05) is 12.1 Å². The Kier molecular flexibility index (Phi) is 10.4. The molecule has 3 aliphatic rings. The molecular formula is C40H50ClN4O4+. The van der Waals surface area contributed by atoms with Gasteiger partial charge in [0.1, 0.15) is 6.54 Å². The number of benzene rings is 2. The SMILES string of the molecule is CC(C)CCN1/C(=C/C=C2\CCCC(/C=C/C3=[N+](CCC(C)C)c4ccc([N+](=O)[O-])cc4C3(C)C)=C2Cl)C(C)(C)c2cc([N+](=O)[O-])ccc21. The van der Waals surface area contributed by atoms with E-state index in [1.54, 1.807) is 24.3 Å². The number of fused-ring (bicyclic) bond motifs is 2. The van der Waals surface area contributed by atoms with E-state index in [4.69, 9.17) is 11.6 Å². The van der Waals surface area contributed by atoms with E-state index < -0.39 is 10.8 Å². The van der Waals surface area contributed by atoms with Gasteiger partial charge in [-0.15, -0.1) is 0 Å². The first-order valence-corrected chi connectivity index (χ1v) is 17.9. The molecule has 8 nitrogen and oxygen atoms in total. The van der Waals surface area contributed by atoms with E-state index in [1.165, 1.54) is 0 Å². The molecule has 0 bridgehead atoms. The van der Waals surface area contributed by atoms with Crippen molar-refractivity contribution in [2.75, 3.05) is 18.0 Å². The van der Waals surface area contributed by atoms with Crippen LogP contribution >= 0.6 is 11.6 Å². The molecule has 0 saturated carbocycles. The zero-order chi connectivity index (χ0) is 35.8. The van der Waals surface area contributed by atoms with Gasteiger partial charge < -0.3 is 4.90 Å². The Balaban J connectivity index is 1.52. The lowest BCUT2D eigenvalue weighted by Crippen LogP contribution is -2.28. The Bertz CT molecular complexity index is 1830. The lowest BCUT2D eigenvalue weighted by Gasteiger charge is -2.28. The molecule has 0 atom stereocenters. The molecule has 0 amide bonds. The molecule has 2 aliphatic heterocycles. The van der Waals surface area contributed by atoms with Crippen molar-refractivity contribution in [3.8, 4) is 0 Å². The minimum absolute atomic E-state index is 0.109. The Morgan fingerprint density at radius 2 is 1.49 bits per heavy atom. The minimum Gasteiger partial charge on any atom is -0.344 e. The van der Waals surface area contributed by atoms with Crippen LogP contribution in [-0.4, -0.2) is 33.2 Å². The van der Waals surface area contributed by atoms with Crippen molar-refractivity contribution in [1.29, 1.82) is 0 Å². The van der Waals surface area contributed by atoms with Gasteiger partial charge in [-0.25, -0.2) is 0 Å². The highest BCUT2D eigenvalue weighted by atomic mass is 35.5. The number of rotatable bonds is 11. The second-order valence-corrected chi connectivity index (χ2v) is 15.9. The summed E-state index contributed by atoms with van der Waals surface area (Å²) in [6.07, 6.45) is 13.3. The first kappa shape index (κ1) is 36.2. The van der Waals surface area contributed by atoms with Gasteiger partial charge in [0.05, 0.1) is 15.3 Å². The maximum atomic E-state index is 11.6. The maximum absolute atomic E-state index is 11.6. The van der Waals surface area contributed by atoms with Crippen molar-refractivity contribution in [3.05, 3.63) is 114 Å². The Hall–Kier alpha value is -4.04. The Labute approximate surface area is 295 Å². The van der Waals surface area contributed by atoms with E-state index in [0.29, 0.717) is 11.8 Å². The summed E-state index contributed by atoms with van der Waals surface area (Å²) < 4.78 is 2.32. The average Bonchev–Trinajstić information content (AvgIpc) is 3.38. The fourth-order valence-corrected chi connectivity index (χ4v) is 7.69. The van der Waals surface area contributed by atoms with Crippen LogP contribution in [0.1, 0.15) is 98.6 Å². The molecule has 0 fully saturated rings. The standard InChI is InChI=1S/C40H50ClN4O4/c1-26(2)20-22-42-34-16-14-30(44(46)47)24-32(34)39(5,6)36(42)18-12-28-10-9-11-29(38(28)41)13-19-37-40(7,8)33-25-31(45(48)49)15-17-35(33)43(37)23-21-27(3)4/h12-19,24-27H,9-11,20-23H2,1-8H3/q+1. The molecule has 0 unspecified atom stereocenters. The summed E-state index contributed by atoms with van der Waals surface area (Å²) in [5, 5.41) is 24.1. The molecule has 2 aromatic carbocycles. The van der Waals surface area contributed by atoms with E-state index in [-0.39, 0.29) is 21.2 Å². The summed E-state index contributed by atoms with van der Waals surface area (Å²) in [5.41, 5.74) is 7.74. The molecule has 2 heterocycles. The Morgan fingerprint density at radius 1 is 0.857 bits per heavy atom. The van der Waals surface area contributed by atoms with E-state index in [2.05, 4.69) is 89.2 Å². The van der Waals surface area contributed by atoms with E-state index >= 15 is 0 Å². The average molecular weight is 686 g/mol. The molecule has 260 valence electrons. The van der Waals surface area contributed by atoms with Crippen molar-refractivity contribution >= 4 is 40.1 Å². The number of allylic oxidation sites excluding steroid dienone is 8. The van der Waals surface area contributed by atoms with E-state index in [0.717, 1.165) is 95.3 Å². The number of hydrogen-bond donors (Lipinski definition) is 0. The molecule has 2 aromatic rings. The van der Waals surface area contributed by atoms with Gasteiger partial charge in [-0.2, -0.15) is 4.58 Å². The fourth-order valence-electron chi connectivity index (χ4n) is 7.38. The molecule has 0 aromatic heterocycles. The minimum atomic E-state index is -0.419. The molecule has 5 rings (SSSR count). The normalized spacial score (nSPS) is 20.0. The molecule has 0 spiro atoms. The zero-order valence-corrected chi connectivity index (χ0v) is 30.9. The topological polar surface area (TPSA) is 92.5 Å². The van der Waals surface area contributed by atoms with Crippen LogP contribution in [0.4, 0.5) is 22.7 Å². The molecule has 1 aliphatic carbocycles. The second-order valence-electron chi connectivity index (χ2n) is 15.5. The van der Waals surface area contributed by atoms with Gasteiger partial charge >= 0.3 is 0 Å². The third-order valence-electron chi connectivity index (χ3n) is 10.4. The third kappa shape index (κ3) is 7.16. The summed E-state index contributed by atoms with van der Waals surface area (Å²) in [4.78, 5) is 25.0. The maximum Gasteiger partial charge on any atom is 0.270 e. The number of non-ortho nitro benzene ring substituents is 2. The number of hydrogen-bond acceptors (Lipinski definition) is 5. The molecule has 0 N–H and O–H groups in total. The van der Waals surface area contributed by atoms with Crippen LogP contribution in [0.15, 0.2) is 82.6 Å². The first-order valence-electron chi connectivity index (χ1n) is 17.5.